The number of rotatable bonds is 2. The average molecular weight is 222 g/mol. The third-order valence-electron chi connectivity index (χ3n) is 1.72. The molecule has 2 aromatic heterocycles. The first-order valence-electron chi connectivity index (χ1n) is 4.33. The van der Waals surface area contributed by atoms with Crippen LogP contribution in [-0.2, 0) is 0 Å². The summed E-state index contributed by atoms with van der Waals surface area (Å²) in [5.74, 6) is 0.868. The topological polar surface area (TPSA) is 47.9 Å². The van der Waals surface area contributed by atoms with Crippen molar-refractivity contribution in [3.63, 3.8) is 0 Å². The van der Waals surface area contributed by atoms with Gasteiger partial charge in [0, 0.05) is 18.1 Å². The van der Waals surface area contributed by atoms with Crippen LogP contribution in [0.1, 0.15) is 5.69 Å². The van der Waals surface area contributed by atoms with Gasteiger partial charge in [-0.15, -0.1) is 0 Å². The molecule has 0 aliphatic heterocycles. The second-order valence-electron chi connectivity index (χ2n) is 2.89. The number of aryl methyl sites for hydroxylation is 1. The normalized spacial score (nSPS) is 10.0. The van der Waals surface area contributed by atoms with Crippen LogP contribution in [0.25, 0.3) is 0 Å². The van der Waals surface area contributed by atoms with Crippen LogP contribution in [-0.4, -0.2) is 15.0 Å². The molecule has 5 heteroatoms. The minimum atomic E-state index is 0.234. The van der Waals surface area contributed by atoms with Crippen molar-refractivity contribution in [3.8, 4) is 11.6 Å². The fourth-order valence-electron chi connectivity index (χ4n) is 1.00. The van der Waals surface area contributed by atoms with E-state index in [1.165, 1.54) is 12.4 Å². The Balaban J connectivity index is 2.22. The molecule has 0 fully saturated rings. The molecule has 0 N–H and O–H groups in total. The van der Waals surface area contributed by atoms with Gasteiger partial charge in [0.25, 0.3) is 5.88 Å². The Morgan fingerprint density at radius 2 is 1.93 bits per heavy atom. The van der Waals surface area contributed by atoms with E-state index in [0.29, 0.717) is 5.75 Å². The van der Waals surface area contributed by atoms with E-state index >= 15 is 0 Å². The number of halogens is 1. The van der Waals surface area contributed by atoms with Crippen molar-refractivity contribution >= 4 is 11.6 Å². The maximum Gasteiger partial charge on any atom is 0.257 e. The van der Waals surface area contributed by atoms with E-state index in [4.69, 9.17) is 16.3 Å². The van der Waals surface area contributed by atoms with Crippen molar-refractivity contribution in [1.29, 1.82) is 0 Å². The van der Waals surface area contributed by atoms with E-state index < -0.39 is 0 Å². The van der Waals surface area contributed by atoms with Crippen LogP contribution in [0.2, 0.25) is 5.15 Å². The zero-order chi connectivity index (χ0) is 10.7. The number of hydrogen-bond acceptors (Lipinski definition) is 4. The van der Waals surface area contributed by atoms with Crippen molar-refractivity contribution in [2.75, 3.05) is 0 Å². The van der Waals surface area contributed by atoms with Gasteiger partial charge in [0.1, 0.15) is 5.75 Å². The molecule has 0 atom stereocenters. The molecule has 0 aromatic carbocycles. The van der Waals surface area contributed by atoms with Gasteiger partial charge in [-0.3, -0.25) is 4.98 Å². The maximum absolute atomic E-state index is 5.79. The fraction of sp³-hybridized carbons (Fsp3) is 0.100. The van der Waals surface area contributed by atoms with Crippen LogP contribution in [0.3, 0.4) is 0 Å². The molecule has 0 saturated carbocycles. The molecule has 0 aliphatic rings. The molecule has 0 radical (unpaired) electrons. The minimum Gasteiger partial charge on any atom is -0.435 e. The Kier molecular flexibility index (Phi) is 2.78. The summed E-state index contributed by atoms with van der Waals surface area (Å²) in [6.07, 6.45) is 4.63. The average Bonchev–Trinajstić information content (AvgIpc) is 2.25. The molecule has 0 saturated heterocycles. The zero-order valence-electron chi connectivity index (χ0n) is 8.01. The lowest BCUT2D eigenvalue weighted by Crippen LogP contribution is -1.91. The van der Waals surface area contributed by atoms with Crippen LogP contribution in [0.5, 0.6) is 11.6 Å². The van der Waals surface area contributed by atoms with Gasteiger partial charge >= 0.3 is 0 Å². The fourth-order valence-corrected chi connectivity index (χ4v) is 1.15. The lowest BCUT2D eigenvalue weighted by atomic mass is 10.4. The van der Waals surface area contributed by atoms with Gasteiger partial charge in [0.15, 0.2) is 5.15 Å². The Labute approximate surface area is 91.9 Å². The summed E-state index contributed by atoms with van der Waals surface area (Å²) < 4.78 is 5.40. The molecule has 0 unspecified atom stereocenters. The smallest absolute Gasteiger partial charge is 0.257 e. The highest BCUT2D eigenvalue weighted by Crippen LogP contribution is 2.23. The predicted octanol–water partition coefficient (Wildman–Crippen LogP) is 2.63. The van der Waals surface area contributed by atoms with Crippen molar-refractivity contribution in [2.24, 2.45) is 0 Å². The first-order valence-corrected chi connectivity index (χ1v) is 4.70. The third kappa shape index (κ3) is 2.41. The lowest BCUT2D eigenvalue weighted by molar-refractivity contribution is 0.458. The van der Waals surface area contributed by atoms with E-state index in [9.17, 15) is 0 Å². The van der Waals surface area contributed by atoms with E-state index in [0.717, 1.165) is 5.69 Å². The largest absolute Gasteiger partial charge is 0.435 e. The first kappa shape index (κ1) is 9.86. The molecular formula is C10H8ClN3O. The first-order chi connectivity index (χ1) is 7.25. The van der Waals surface area contributed by atoms with Gasteiger partial charge in [0.2, 0.25) is 0 Å². The van der Waals surface area contributed by atoms with Gasteiger partial charge in [-0.05, 0) is 19.1 Å². The number of ether oxygens (including phenoxy) is 1. The van der Waals surface area contributed by atoms with E-state index in [2.05, 4.69) is 15.0 Å². The van der Waals surface area contributed by atoms with E-state index in [1.807, 2.05) is 13.0 Å². The van der Waals surface area contributed by atoms with E-state index in [1.54, 1.807) is 12.3 Å². The quantitative estimate of drug-likeness (QED) is 0.782. The molecule has 0 spiro atoms. The minimum absolute atomic E-state index is 0.234. The van der Waals surface area contributed by atoms with Gasteiger partial charge in [-0.2, -0.15) is 0 Å². The predicted molar refractivity (Wildman–Crippen MR) is 56.1 cm³/mol. The summed E-state index contributed by atoms with van der Waals surface area (Å²) in [6.45, 7) is 1.90. The summed E-state index contributed by atoms with van der Waals surface area (Å²) in [7, 11) is 0. The standard InChI is InChI=1S/C10H8ClN3O/c1-7-2-3-8(6-14-7)15-10-9(11)12-4-5-13-10/h2-6H,1H3. The van der Waals surface area contributed by atoms with Crippen molar-refractivity contribution in [3.05, 3.63) is 41.6 Å². The molecule has 0 amide bonds. The number of hydrogen-bond donors (Lipinski definition) is 0. The van der Waals surface area contributed by atoms with Crippen molar-refractivity contribution in [1.82, 2.24) is 15.0 Å². The summed E-state index contributed by atoms with van der Waals surface area (Å²) in [5, 5.41) is 0.234. The second kappa shape index (κ2) is 4.23. The lowest BCUT2D eigenvalue weighted by Gasteiger charge is -2.04. The van der Waals surface area contributed by atoms with Gasteiger partial charge in [-0.25, -0.2) is 9.97 Å². The van der Waals surface area contributed by atoms with Gasteiger partial charge in [0.05, 0.1) is 6.20 Å². The van der Waals surface area contributed by atoms with Crippen LogP contribution < -0.4 is 4.74 Å². The molecule has 15 heavy (non-hydrogen) atoms. The molecule has 2 heterocycles. The number of nitrogens with zero attached hydrogens (tertiary/aromatic N) is 3. The van der Waals surface area contributed by atoms with E-state index in [-0.39, 0.29) is 11.0 Å². The SMILES string of the molecule is Cc1ccc(Oc2nccnc2Cl)cn1. The Bertz CT molecular complexity index is 458. The van der Waals surface area contributed by atoms with Crippen LogP contribution >= 0.6 is 11.6 Å². The molecule has 76 valence electrons. The summed E-state index contributed by atoms with van der Waals surface area (Å²) in [4.78, 5) is 11.9. The number of aromatic nitrogens is 3. The van der Waals surface area contributed by atoms with Crippen molar-refractivity contribution < 1.29 is 4.74 Å². The molecular weight excluding hydrogens is 214 g/mol. The number of pyridine rings is 1. The highest BCUT2D eigenvalue weighted by molar-refractivity contribution is 6.30. The third-order valence-corrected chi connectivity index (χ3v) is 1.98. The highest BCUT2D eigenvalue weighted by Gasteiger charge is 2.04. The maximum atomic E-state index is 5.79. The Morgan fingerprint density at radius 3 is 2.60 bits per heavy atom. The molecule has 4 nitrogen and oxygen atoms in total. The summed E-state index contributed by atoms with van der Waals surface area (Å²) in [5.41, 5.74) is 0.924. The second-order valence-corrected chi connectivity index (χ2v) is 3.25. The van der Waals surface area contributed by atoms with Crippen LogP contribution in [0, 0.1) is 6.92 Å². The van der Waals surface area contributed by atoms with Crippen LogP contribution in [0.4, 0.5) is 0 Å². The zero-order valence-corrected chi connectivity index (χ0v) is 8.77. The van der Waals surface area contributed by atoms with Crippen molar-refractivity contribution in [2.45, 2.75) is 6.92 Å². The van der Waals surface area contributed by atoms with Gasteiger partial charge < -0.3 is 4.74 Å². The summed E-state index contributed by atoms with van der Waals surface area (Å²) >= 11 is 5.79. The highest BCUT2D eigenvalue weighted by atomic mass is 35.5. The molecule has 2 aromatic rings. The Hall–Kier alpha value is -1.68. The molecule has 0 bridgehead atoms. The molecule has 0 aliphatic carbocycles. The summed E-state index contributed by atoms with van der Waals surface area (Å²) in [6, 6.07) is 3.65. The Morgan fingerprint density at radius 1 is 1.13 bits per heavy atom. The van der Waals surface area contributed by atoms with Crippen LogP contribution in [0.15, 0.2) is 30.7 Å². The molecule has 2 rings (SSSR count). The monoisotopic (exact) mass is 221 g/mol. The van der Waals surface area contributed by atoms with Gasteiger partial charge in [-0.1, -0.05) is 11.6 Å².